The lowest BCUT2D eigenvalue weighted by molar-refractivity contribution is -0.0441. The Labute approximate surface area is 87.1 Å². The highest BCUT2D eigenvalue weighted by atomic mass is 16.7. The van der Waals surface area contributed by atoms with Gasteiger partial charge in [0, 0.05) is 11.1 Å². The van der Waals surface area contributed by atoms with Crippen LogP contribution in [-0.4, -0.2) is 24.3 Å². The van der Waals surface area contributed by atoms with E-state index in [9.17, 15) is 0 Å². The molecule has 1 aromatic carbocycles. The summed E-state index contributed by atoms with van der Waals surface area (Å²) in [5.74, 6) is 0.0924. The largest absolute Gasteiger partial charge is 0.409 e. The summed E-state index contributed by atoms with van der Waals surface area (Å²) in [5.41, 5.74) is 7.03. The van der Waals surface area contributed by atoms with Crippen LogP contribution in [0.15, 0.2) is 29.4 Å². The first-order valence-electron chi connectivity index (χ1n) is 4.62. The highest BCUT2D eigenvalue weighted by molar-refractivity contribution is 5.96. The molecule has 2 rings (SSSR count). The van der Waals surface area contributed by atoms with Crippen LogP contribution in [0.1, 0.15) is 17.4 Å². The summed E-state index contributed by atoms with van der Waals surface area (Å²) in [5, 5.41) is 11.4. The zero-order valence-corrected chi connectivity index (χ0v) is 8.09. The van der Waals surface area contributed by atoms with Crippen molar-refractivity contribution >= 4 is 5.84 Å². The highest BCUT2D eigenvalue weighted by Gasteiger charge is 2.17. The van der Waals surface area contributed by atoms with Crippen molar-refractivity contribution < 1.29 is 14.7 Å². The standard InChI is InChI=1S/C10H12N2O3/c11-9(12-13)7-1-3-8(4-2-7)10-14-5-6-15-10/h1-4,10,13H,5-6H2,(H2,11,12). The molecule has 0 amide bonds. The normalized spacial score (nSPS) is 18.3. The maximum Gasteiger partial charge on any atom is 0.184 e. The lowest BCUT2D eigenvalue weighted by Crippen LogP contribution is -2.13. The van der Waals surface area contributed by atoms with E-state index in [0.29, 0.717) is 18.8 Å². The molecule has 0 bridgehead atoms. The SMILES string of the molecule is N/C(=N/O)c1ccc(C2OCCO2)cc1. The fourth-order valence-electron chi connectivity index (χ4n) is 1.42. The molecule has 5 nitrogen and oxygen atoms in total. The zero-order chi connectivity index (χ0) is 10.7. The van der Waals surface area contributed by atoms with Crippen molar-refractivity contribution in [2.75, 3.05) is 13.2 Å². The third-order valence-corrected chi connectivity index (χ3v) is 2.21. The highest BCUT2D eigenvalue weighted by Crippen LogP contribution is 2.23. The van der Waals surface area contributed by atoms with E-state index < -0.39 is 0 Å². The number of amidine groups is 1. The first-order chi connectivity index (χ1) is 7.31. The molecule has 3 N–H and O–H groups in total. The van der Waals surface area contributed by atoms with Crippen molar-refractivity contribution in [1.82, 2.24) is 0 Å². The smallest absolute Gasteiger partial charge is 0.184 e. The van der Waals surface area contributed by atoms with Gasteiger partial charge in [0.15, 0.2) is 12.1 Å². The Bertz CT molecular complexity index is 355. The van der Waals surface area contributed by atoms with Gasteiger partial charge in [0.25, 0.3) is 0 Å². The predicted octanol–water partition coefficient (Wildman–Crippen LogP) is 0.826. The molecular formula is C10H12N2O3. The van der Waals surface area contributed by atoms with Crippen LogP contribution >= 0.6 is 0 Å². The number of oxime groups is 1. The number of nitrogens with two attached hydrogens (primary N) is 1. The Kier molecular flexibility index (Phi) is 2.84. The summed E-state index contributed by atoms with van der Waals surface area (Å²) in [6.45, 7) is 1.24. The van der Waals surface area contributed by atoms with Crippen molar-refractivity contribution in [2.45, 2.75) is 6.29 Å². The van der Waals surface area contributed by atoms with Crippen LogP contribution in [0.25, 0.3) is 0 Å². The second kappa shape index (κ2) is 4.29. The Morgan fingerprint density at radius 2 is 1.87 bits per heavy atom. The van der Waals surface area contributed by atoms with Crippen molar-refractivity contribution in [3.05, 3.63) is 35.4 Å². The van der Waals surface area contributed by atoms with E-state index in [2.05, 4.69) is 5.16 Å². The lowest BCUT2D eigenvalue weighted by atomic mass is 10.1. The number of hydrogen-bond acceptors (Lipinski definition) is 4. The molecule has 0 spiro atoms. The molecular weight excluding hydrogens is 196 g/mol. The van der Waals surface area contributed by atoms with Crippen LogP contribution in [-0.2, 0) is 9.47 Å². The Morgan fingerprint density at radius 3 is 2.40 bits per heavy atom. The van der Waals surface area contributed by atoms with E-state index in [0.717, 1.165) is 5.56 Å². The number of nitrogens with zero attached hydrogens (tertiary/aromatic N) is 1. The van der Waals surface area contributed by atoms with Crippen molar-refractivity contribution in [3.8, 4) is 0 Å². The van der Waals surface area contributed by atoms with Gasteiger partial charge in [-0.3, -0.25) is 0 Å². The Hall–Kier alpha value is -1.59. The quantitative estimate of drug-likeness (QED) is 0.326. The van der Waals surface area contributed by atoms with Crippen LogP contribution < -0.4 is 5.73 Å². The van der Waals surface area contributed by atoms with Crippen LogP contribution in [0.2, 0.25) is 0 Å². The molecule has 1 fully saturated rings. The van der Waals surface area contributed by atoms with Gasteiger partial charge in [-0.05, 0) is 0 Å². The molecule has 1 aromatic rings. The van der Waals surface area contributed by atoms with Crippen molar-refractivity contribution in [1.29, 1.82) is 0 Å². The summed E-state index contributed by atoms with van der Waals surface area (Å²) in [6.07, 6.45) is -0.286. The minimum atomic E-state index is -0.286. The van der Waals surface area contributed by atoms with E-state index in [1.807, 2.05) is 12.1 Å². The summed E-state index contributed by atoms with van der Waals surface area (Å²) >= 11 is 0. The molecule has 0 aliphatic carbocycles. The van der Waals surface area contributed by atoms with Gasteiger partial charge in [-0.25, -0.2) is 0 Å². The maximum atomic E-state index is 8.48. The summed E-state index contributed by atoms with van der Waals surface area (Å²) in [4.78, 5) is 0. The second-order valence-electron chi connectivity index (χ2n) is 3.18. The molecule has 0 saturated carbocycles. The molecule has 1 heterocycles. The summed E-state index contributed by atoms with van der Waals surface area (Å²) < 4.78 is 10.7. The lowest BCUT2D eigenvalue weighted by Gasteiger charge is -2.09. The van der Waals surface area contributed by atoms with Crippen molar-refractivity contribution in [3.63, 3.8) is 0 Å². The number of rotatable bonds is 2. The van der Waals surface area contributed by atoms with E-state index in [1.165, 1.54) is 0 Å². The third-order valence-electron chi connectivity index (χ3n) is 2.21. The van der Waals surface area contributed by atoms with Gasteiger partial charge in [0.2, 0.25) is 0 Å². The minimum absolute atomic E-state index is 0.0924. The molecule has 5 heteroatoms. The monoisotopic (exact) mass is 208 g/mol. The van der Waals surface area contributed by atoms with Crippen LogP contribution in [0.5, 0.6) is 0 Å². The van der Waals surface area contributed by atoms with Gasteiger partial charge < -0.3 is 20.4 Å². The molecule has 1 saturated heterocycles. The van der Waals surface area contributed by atoms with Crippen LogP contribution in [0.3, 0.4) is 0 Å². The number of benzene rings is 1. The first-order valence-corrected chi connectivity index (χ1v) is 4.62. The fraction of sp³-hybridized carbons (Fsp3) is 0.300. The van der Waals surface area contributed by atoms with Crippen LogP contribution in [0, 0.1) is 0 Å². The predicted molar refractivity (Wildman–Crippen MR) is 53.6 cm³/mol. The summed E-state index contributed by atoms with van der Waals surface area (Å²) in [7, 11) is 0. The van der Waals surface area contributed by atoms with Crippen LogP contribution in [0.4, 0.5) is 0 Å². The fourth-order valence-corrected chi connectivity index (χ4v) is 1.42. The molecule has 0 atom stereocenters. The van der Waals surface area contributed by atoms with Gasteiger partial charge in [0.1, 0.15) is 0 Å². The first kappa shape index (κ1) is 9.95. The average Bonchev–Trinajstić information content (AvgIpc) is 2.82. The van der Waals surface area contributed by atoms with Gasteiger partial charge in [0.05, 0.1) is 13.2 Å². The van der Waals surface area contributed by atoms with E-state index in [4.69, 9.17) is 20.4 Å². The molecule has 15 heavy (non-hydrogen) atoms. The Morgan fingerprint density at radius 1 is 1.27 bits per heavy atom. The third kappa shape index (κ3) is 2.08. The molecule has 80 valence electrons. The van der Waals surface area contributed by atoms with E-state index >= 15 is 0 Å². The average molecular weight is 208 g/mol. The minimum Gasteiger partial charge on any atom is -0.409 e. The van der Waals surface area contributed by atoms with E-state index in [-0.39, 0.29) is 12.1 Å². The van der Waals surface area contributed by atoms with E-state index in [1.54, 1.807) is 12.1 Å². The maximum absolute atomic E-state index is 8.48. The van der Waals surface area contributed by atoms with Gasteiger partial charge in [-0.2, -0.15) is 0 Å². The van der Waals surface area contributed by atoms with Gasteiger partial charge in [-0.1, -0.05) is 29.4 Å². The zero-order valence-electron chi connectivity index (χ0n) is 8.09. The number of hydrogen-bond donors (Lipinski definition) is 2. The Balaban J connectivity index is 2.16. The molecule has 1 aliphatic heterocycles. The molecule has 0 aromatic heterocycles. The second-order valence-corrected chi connectivity index (χ2v) is 3.18. The van der Waals surface area contributed by atoms with Gasteiger partial charge in [-0.15, -0.1) is 0 Å². The molecule has 0 radical (unpaired) electrons. The van der Waals surface area contributed by atoms with Crippen molar-refractivity contribution in [2.24, 2.45) is 10.9 Å². The topological polar surface area (TPSA) is 77.1 Å². The molecule has 0 unspecified atom stereocenters. The number of ether oxygens (including phenoxy) is 2. The summed E-state index contributed by atoms with van der Waals surface area (Å²) in [6, 6.07) is 7.19. The molecule has 1 aliphatic rings. The van der Waals surface area contributed by atoms with Gasteiger partial charge >= 0.3 is 0 Å².